The van der Waals surface area contributed by atoms with Gasteiger partial charge in [0.05, 0.1) is 16.5 Å². The second kappa shape index (κ2) is 9.38. The van der Waals surface area contributed by atoms with Gasteiger partial charge in [0.15, 0.2) is 0 Å². The first kappa shape index (κ1) is 23.0. The van der Waals surface area contributed by atoms with Gasteiger partial charge < -0.3 is 24.8 Å². The number of thiazole rings is 1. The minimum absolute atomic E-state index is 0.313. The monoisotopic (exact) mass is 479 g/mol. The fourth-order valence-corrected chi connectivity index (χ4v) is 4.27. The van der Waals surface area contributed by atoms with Crippen LogP contribution in [0.2, 0.25) is 0 Å². The number of alkyl halides is 3. The number of amides is 1. The summed E-state index contributed by atoms with van der Waals surface area (Å²) in [6.07, 6.45) is -4.03. The summed E-state index contributed by atoms with van der Waals surface area (Å²) in [5.41, 5.74) is 3.99. The summed E-state index contributed by atoms with van der Waals surface area (Å²) in [7, 11) is 1.55. The number of β-amino-alcohol motifs (C(OH)–C–C–N with tert-alkyl or cyclic N) is 1. The number of rotatable bonds is 6. The molecule has 4 rings (SSSR count). The average Bonchev–Trinajstić information content (AvgIpc) is 3.43. The zero-order valence-electron chi connectivity index (χ0n) is 17.4. The van der Waals surface area contributed by atoms with E-state index in [0.29, 0.717) is 24.3 Å². The minimum Gasteiger partial charge on any atom is -0.406 e. The first-order valence-corrected chi connectivity index (χ1v) is 10.8. The summed E-state index contributed by atoms with van der Waals surface area (Å²) in [5, 5.41) is 12.9. The summed E-state index contributed by atoms with van der Waals surface area (Å²) in [4.78, 5) is 19.8. The number of hydrogen-bond donors (Lipinski definition) is 2. The van der Waals surface area contributed by atoms with Crippen LogP contribution in [0.25, 0.3) is 10.4 Å². The quantitative estimate of drug-likeness (QED) is 0.553. The van der Waals surface area contributed by atoms with Gasteiger partial charge in [-0.15, -0.1) is 24.5 Å². The summed E-state index contributed by atoms with van der Waals surface area (Å²) in [6, 6.07) is 10.1. The van der Waals surface area contributed by atoms with E-state index >= 15 is 0 Å². The first-order valence-electron chi connectivity index (χ1n) is 9.89. The molecule has 7 nitrogen and oxygen atoms in total. The highest BCUT2D eigenvalue weighted by Gasteiger charge is 2.33. The number of halogens is 3. The first-order chi connectivity index (χ1) is 15.7. The Morgan fingerprint density at radius 3 is 2.58 bits per heavy atom. The normalized spacial score (nSPS) is 18.4. The Morgan fingerprint density at radius 1 is 1.21 bits per heavy atom. The molecule has 0 radical (unpaired) electrons. The van der Waals surface area contributed by atoms with Crippen LogP contribution in [0.1, 0.15) is 10.4 Å². The number of carbonyl (C=O) groups is 1. The molecule has 2 aromatic carbocycles. The number of aliphatic hydroxyl groups is 1. The Labute approximate surface area is 191 Å². The molecule has 33 heavy (non-hydrogen) atoms. The summed E-state index contributed by atoms with van der Waals surface area (Å²) in [6.45, 7) is 0.892. The van der Waals surface area contributed by atoms with Crippen molar-refractivity contribution in [2.24, 2.45) is 0 Å². The zero-order valence-corrected chi connectivity index (χ0v) is 18.2. The molecule has 11 heteroatoms. The van der Waals surface area contributed by atoms with E-state index in [1.165, 1.54) is 23.5 Å². The topological polar surface area (TPSA) is 83.9 Å². The van der Waals surface area contributed by atoms with Crippen LogP contribution in [0.15, 0.2) is 54.2 Å². The lowest BCUT2D eigenvalue weighted by atomic mass is 10.1. The van der Waals surface area contributed by atoms with Crippen LogP contribution < -0.4 is 15.0 Å². The van der Waals surface area contributed by atoms with Gasteiger partial charge in [0.25, 0.3) is 5.91 Å². The molecule has 1 amide bonds. The highest BCUT2D eigenvalue weighted by atomic mass is 32.1. The highest BCUT2D eigenvalue weighted by molar-refractivity contribution is 7.13. The zero-order chi connectivity index (χ0) is 23.6. The van der Waals surface area contributed by atoms with Crippen LogP contribution in [-0.4, -0.2) is 54.8 Å². The van der Waals surface area contributed by atoms with Crippen molar-refractivity contribution in [3.8, 4) is 16.2 Å². The van der Waals surface area contributed by atoms with Gasteiger partial charge in [-0.05, 0) is 42.5 Å². The molecule has 174 valence electrons. The average molecular weight is 479 g/mol. The standard InChI is InChI=1S/C22H20F3N3O4S/c1-31-19-11-28(10-18(19)29)17-7-2-13(8-16(17)20-9-26-12-33-20)21(30)27-14-3-5-15(6-4-14)32-22(23,24)25/h2-9,12,18-19,29H,10-11H2,1H3,(H,27,30). The van der Waals surface area contributed by atoms with Crippen LogP contribution in [0.5, 0.6) is 5.75 Å². The number of aromatic nitrogens is 1. The smallest absolute Gasteiger partial charge is 0.406 e. The van der Waals surface area contributed by atoms with Crippen LogP contribution >= 0.6 is 11.3 Å². The van der Waals surface area contributed by atoms with E-state index in [1.54, 1.807) is 37.0 Å². The van der Waals surface area contributed by atoms with Crippen molar-refractivity contribution in [2.75, 3.05) is 30.4 Å². The number of aliphatic hydroxyl groups excluding tert-OH is 1. The molecule has 0 aliphatic carbocycles. The van der Waals surface area contributed by atoms with E-state index in [-0.39, 0.29) is 11.9 Å². The summed E-state index contributed by atoms with van der Waals surface area (Å²) < 4.78 is 46.1. The van der Waals surface area contributed by atoms with Crippen molar-refractivity contribution < 1.29 is 32.5 Å². The van der Waals surface area contributed by atoms with E-state index in [0.717, 1.165) is 28.3 Å². The molecular formula is C22H20F3N3O4S. The second-order valence-electron chi connectivity index (χ2n) is 7.37. The molecule has 0 spiro atoms. The SMILES string of the molecule is COC1CN(c2ccc(C(=O)Nc3ccc(OC(F)(F)F)cc3)cc2-c2cncs2)CC1O. The van der Waals surface area contributed by atoms with Crippen molar-refractivity contribution in [3.05, 3.63) is 59.7 Å². The van der Waals surface area contributed by atoms with Gasteiger partial charge in [-0.2, -0.15) is 0 Å². The lowest BCUT2D eigenvalue weighted by molar-refractivity contribution is -0.274. The van der Waals surface area contributed by atoms with Crippen LogP contribution in [-0.2, 0) is 4.74 Å². The Hall–Kier alpha value is -3.15. The van der Waals surface area contributed by atoms with Crippen molar-refractivity contribution in [3.63, 3.8) is 0 Å². The predicted octanol–water partition coefficient (Wildman–Crippen LogP) is 4.16. The summed E-state index contributed by atoms with van der Waals surface area (Å²) >= 11 is 1.42. The molecule has 2 N–H and O–H groups in total. The Morgan fingerprint density at radius 2 is 1.97 bits per heavy atom. The molecule has 3 aromatic rings. The Balaban J connectivity index is 1.56. The van der Waals surface area contributed by atoms with E-state index < -0.39 is 18.4 Å². The van der Waals surface area contributed by atoms with E-state index in [9.17, 15) is 23.1 Å². The van der Waals surface area contributed by atoms with Gasteiger partial charge in [-0.3, -0.25) is 9.78 Å². The van der Waals surface area contributed by atoms with Gasteiger partial charge in [0.2, 0.25) is 0 Å². The number of ether oxygens (including phenoxy) is 2. The number of carbonyl (C=O) groups excluding carboxylic acids is 1. The minimum atomic E-state index is -4.78. The van der Waals surface area contributed by atoms with Gasteiger partial charge in [-0.25, -0.2) is 0 Å². The van der Waals surface area contributed by atoms with Crippen molar-refractivity contribution >= 4 is 28.6 Å². The number of anilines is 2. The molecule has 2 heterocycles. The predicted molar refractivity (Wildman–Crippen MR) is 118 cm³/mol. The molecule has 2 unspecified atom stereocenters. The number of nitrogens with zero attached hydrogens (tertiary/aromatic N) is 2. The highest BCUT2D eigenvalue weighted by Crippen LogP contribution is 2.36. The van der Waals surface area contributed by atoms with Crippen molar-refractivity contribution in [1.29, 1.82) is 0 Å². The molecular weight excluding hydrogens is 459 g/mol. The third-order valence-corrected chi connectivity index (χ3v) is 5.99. The lowest BCUT2D eigenvalue weighted by Crippen LogP contribution is -2.25. The molecule has 1 saturated heterocycles. The number of methoxy groups -OCH3 is 1. The number of nitrogens with one attached hydrogen (secondary N) is 1. The van der Waals surface area contributed by atoms with Gasteiger partial charge in [0.1, 0.15) is 11.9 Å². The third kappa shape index (κ3) is 5.44. The lowest BCUT2D eigenvalue weighted by Gasteiger charge is -2.22. The van der Waals surface area contributed by atoms with Gasteiger partial charge in [-0.1, -0.05) is 0 Å². The summed E-state index contributed by atoms with van der Waals surface area (Å²) in [5.74, 6) is -0.799. The van der Waals surface area contributed by atoms with E-state index in [1.807, 2.05) is 4.90 Å². The van der Waals surface area contributed by atoms with Gasteiger partial charge >= 0.3 is 6.36 Å². The second-order valence-corrected chi connectivity index (χ2v) is 8.26. The maximum absolute atomic E-state index is 12.8. The van der Waals surface area contributed by atoms with E-state index in [2.05, 4.69) is 15.0 Å². The molecule has 1 aromatic heterocycles. The van der Waals surface area contributed by atoms with Crippen molar-refractivity contribution in [2.45, 2.75) is 18.6 Å². The van der Waals surface area contributed by atoms with E-state index in [4.69, 9.17) is 4.74 Å². The van der Waals surface area contributed by atoms with Crippen LogP contribution in [0.4, 0.5) is 24.5 Å². The van der Waals surface area contributed by atoms with Crippen LogP contribution in [0, 0.1) is 0 Å². The molecule has 0 bridgehead atoms. The molecule has 1 aliphatic rings. The Kier molecular flexibility index (Phi) is 6.54. The third-order valence-electron chi connectivity index (χ3n) is 5.18. The fourth-order valence-electron chi connectivity index (χ4n) is 3.63. The maximum Gasteiger partial charge on any atom is 0.573 e. The van der Waals surface area contributed by atoms with Crippen molar-refractivity contribution in [1.82, 2.24) is 4.98 Å². The molecule has 2 atom stereocenters. The molecule has 1 fully saturated rings. The van der Waals surface area contributed by atoms with Gasteiger partial charge in [0, 0.05) is 48.9 Å². The molecule has 0 saturated carbocycles. The largest absolute Gasteiger partial charge is 0.573 e. The number of hydrogen-bond acceptors (Lipinski definition) is 7. The Bertz CT molecular complexity index is 1110. The number of benzene rings is 2. The molecule has 1 aliphatic heterocycles. The fraction of sp³-hybridized carbons (Fsp3) is 0.273. The maximum atomic E-state index is 12.8. The van der Waals surface area contributed by atoms with Crippen LogP contribution in [0.3, 0.4) is 0 Å².